The van der Waals surface area contributed by atoms with E-state index in [9.17, 15) is 22.8 Å². The zero-order valence-corrected chi connectivity index (χ0v) is 18.1. The molecule has 0 saturated carbocycles. The van der Waals surface area contributed by atoms with Crippen molar-refractivity contribution in [2.24, 2.45) is 0 Å². The van der Waals surface area contributed by atoms with E-state index in [1.807, 2.05) is 5.32 Å². The smallest absolute Gasteiger partial charge is 0.405 e. The van der Waals surface area contributed by atoms with Crippen molar-refractivity contribution in [1.82, 2.24) is 34.6 Å². The third kappa shape index (κ3) is 4.79. The Morgan fingerprint density at radius 3 is 2.58 bits per heavy atom. The van der Waals surface area contributed by atoms with Crippen LogP contribution in [0.1, 0.15) is 24.0 Å². The zero-order chi connectivity index (χ0) is 23.8. The summed E-state index contributed by atoms with van der Waals surface area (Å²) in [6.45, 7) is 2.48. The summed E-state index contributed by atoms with van der Waals surface area (Å²) in [7, 11) is 1.61. The van der Waals surface area contributed by atoms with E-state index in [2.05, 4.69) is 15.0 Å². The van der Waals surface area contributed by atoms with Crippen LogP contribution in [0.15, 0.2) is 6.33 Å². The Kier molecular flexibility index (Phi) is 6.28. The molecule has 1 atom stereocenters. The molecule has 33 heavy (non-hydrogen) atoms. The third-order valence-electron chi connectivity index (χ3n) is 5.61. The summed E-state index contributed by atoms with van der Waals surface area (Å²) in [4.78, 5) is 40.7. The first-order chi connectivity index (χ1) is 15.7. The molecule has 11 nitrogen and oxygen atoms in total. The number of ether oxygens (including phenoxy) is 2. The van der Waals surface area contributed by atoms with Crippen molar-refractivity contribution in [2.75, 3.05) is 39.8 Å². The first-order valence-electron chi connectivity index (χ1n) is 10.5. The summed E-state index contributed by atoms with van der Waals surface area (Å²) < 4.78 is 50.0. The van der Waals surface area contributed by atoms with Crippen LogP contribution in [0.2, 0.25) is 0 Å². The highest BCUT2D eigenvalue weighted by atomic mass is 19.4. The standard InChI is InChI=1S/C19H24F3N7O4/c1-3-29-14-13(26-15(29)16(30)23-9-19(20,21)22)17(25-10-24-14)33-11-4-5-27(6-11)18(31)28-7-12(8-28)32-2/h10-12H,3-9H2,1-2H3,(H,23,30). The molecule has 2 aliphatic rings. The van der Waals surface area contributed by atoms with Gasteiger partial charge < -0.3 is 29.2 Å². The molecule has 2 aromatic rings. The van der Waals surface area contributed by atoms with Gasteiger partial charge in [-0.15, -0.1) is 0 Å². The number of halogens is 3. The molecule has 0 spiro atoms. The van der Waals surface area contributed by atoms with Crippen LogP contribution in [-0.4, -0.2) is 99.5 Å². The highest BCUT2D eigenvalue weighted by Crippen LogP contribution is 2.26. The fourth-order valence-corrected chi connectivity index (χ4v) is 3.83. The highest BCUT2D eigenvalue weighted by Gasteiger charge is 2.37. The van der Waals surface area contributed by atoms with Crippen LogP contribution in [0, 0.1) is 0 Å². The zero-order valence-electron chi connectivity index (χ0n) is 18.1. The lowest BCUT2D eigenvalue weighted by molar-refractivity contribution is -0.123. The second-order valence-corrected chi connectivity index (χ2v) is 7.85. The minimum Gasteiger partial charge on any atom is -0.471 e. The number of carbonyl (C=O) groups is 2. The molecule has 1 unspecified atom stereocenters. The largest absolute Gasteiger partial charge is 0.471 e. The summed E-state index contributed by atoms with van der Waals surface area (Å²) in [5, 5.41) is 1.82. The fraction of sp³-hybridized carbons (Fsp3) is 0.632. The molecule has 4 heterocycles. The average Bonchev–Trinajstić information content (AvgIpc) is 3.35. The Bertz CT molecular complexity index is 1040. The van der Waals surface area contributed by atoms with Gasteiger partial charge in [0, 0.05) is 26.6 Å². The number of hydrogen-bond acceptors (Lipinski definition) is 7. The number of nitrogens with zero attached hydrogens (tertiary/aromatic N) is 6. The number of urea groups is 1. The Labute approximate surface area is 186 Å². The number of nitrogens with one attached hydrogen (secondary N) is 1. The van der Waals surface area contributed by atoms with Gasteiger partial charge in [-0.2, -0.15) is 18.2 Å². The molecule has 0 radical (unpaired) electrons. The monoisotopic (exact) mass is 471 g/mol. The Morgan fingerprint density at radius 1 is 1.18 bits per heavy atom. The number of aryl methyl sites for hydroxylation is 1. The van der Waals surface area contributed by atoms with Crippen molar-refractivity contribution in [3.05, 3.63) is 12.2 Å². The number of hydrogen-bond donors (Lipinski definition) is 1. The quantitative estimate of drug-likeness (QED) is 0.670. The van der Waals surface area contributed by atoms with Crippen LogP contribution < -0.4 is 10.1 Å². The number of imidazole rings is 1. The molecule has 2 fully saturated rings. The first kappa shape index (κ1) is 23.0. The SMILES string of the molecule is CCn1c(C(=O)NCC(F)(F)F)nc2c(OC3CCN(C(=O)N4CC(OC)C4)C3)ncnc21. The number of fused-ring (bicyclic) bond motifs is 1. The molecule has 2 aliphatic heterocycles. The third-order valence-corrected chi connectivity index (χ3v) is 5.61. The maximum Gasteiger partial charge on any atom is 0.405 e. The average molecular weight is 471 g/mol. The molecule has 3 amide bonds. The van der Waals surface area contributed by atoms with Crippen LogP contribution in [0.4, 0.5) is 18.0 Å². The van der Waals surface area contributed by atoms with Crippen molar-refractivity contribution in [3.8, 4) is 5.88 Å². The fourth-order valence-electron chi connectivity index (χ4n) is 3.83. The molecule has 2 saturated heterocycles. The van der Waals surface area contributed by atoms with Gasteiger partial charge in [0.05, 0.1) is 25.7 Å². The minimum absolute atomic E-state index is 0.0640. The number of alkyl halides is 3. The Hall–Kier alpha value is -3.16. The van der Waals surface area contributed by atoms with Crippen molar-refractivity contribution >= 4 is 23.1 Å². The lowest BCUT2D eigenvalue weighted by Gasteiger charge is -2.40. The summed E-state index contributed by atoms with van der Waals surface area (Å²) >= 11 is 0. The molecular weight excluding hydrogens is 447 g/mol. The minimum atomic E-state index is -4.54. The lowest BCUT2D eigenvalue weighted by atomic mass is 10.2. The van der Waals surface area contributed by atoms with E-state index in [1.165, 1.54) is 10.9 Å². The van der Waals surface area contributed by atoms with Gasteiger partial charge in [-0.1, -0.05) is 0 Å². The van der Waals surface area contributed by atoms with E-state index in [0.29, 0.717) is 32.6 Å². The van der Waals surface area contributed by atoms with Gasteiger partial charge in [0.1, 0.15) is 19.0 Å². The van der Waals surface area contributed by atoms with Crippen LogP contribution in [-0.2, 0) is 11.3 Å². The van der Waals surface area contributed by atoms with Crippen molar-refractivity contribution in [3.63, 3.8) is 0 Å². The summed E-state index contributed by atoms with van der Waals surface area (Å²) in [5.41, 5.74) is 0.448. The summed E-state index contributed by atoms with van der Waals surface area (Å²) in [5.74, 6) is -1.07. The topological polar surface area (TPSA) is 115 Å². The molecule has 1 N–H and O–H groups in total. The van der Waals surface area contributed by atoms with Crippen molar-refractivity contribution < 1.29 is 32.2 Å². The first-order valence-corrected chi connectivity index (χ1v) is 10.5. The van der Waals surface area contributed by atoms with Crippen LogP contribution in [0.5, 0.6) is 5.88 Å². The maximum atomic E-state index is 12.6. The molecule has 4 rings (SSSR count). The molecule has 0 aromatic carbocycles. The maximum absolute atomic E-state index is 12.6. The van der Waals surface area contributed by atoms with Gasteiger partial charge in [0.2, 0.25) is 11.7 Å². The van der Waals surface area contributed by atoms with E-state index in [0.717, 1.165) is 0 Å². The molecule has 0 aliphatic carbocycles. The highest BCUT2D eigenvalue weighted by molar-refractivity contribution is 5.95. The normalized spacial score (nSPS) is 19.1. The molecule has 0 bridgehead atoms. The van der Waals surface area contributed by atoms with Gasteiger partial charge in [-0.25, -0.2) is 14.8 Å². The Morgan fingerprint density at radius 2 is 1.91 bits per heavy atom. The Balaban J connectivity index is 1.47. The van der Waals surface area contributed by atoms with E-state index < -0.39 is 18.6 Å². The van der Waals surface area contributed by atoms with Crippen molar-refractivity contribution in [2.45, 2.75) is 38.3 Å². The molecule has 14 heteroatoms. The second kappa shape index (κ2) is 9.00. The van der Waals surface area contributed by atoms with Crippen molar-refractivity contribution in [1.29, 1.82) is 0 Å². The van der Waals surface area contributed by atoms with Gasteiger partial charge in [0.15, 0.2) is 11.2 Å². The number of methoxy groups -OCH3 is 1. The van der Waals surface area contributed by atoms with Gasteiger partial charge in [-0.3, -0.25) is 4.79 Å². The number of rotatable bonds is 6. The summed E-state index contributed by atoms with van der Waals surface area (Å²) in [6, 6.07) is -0.0823. The predicted octanol–water partition coefficient (Wildman–Crippen LogP) is 1.04. The van der Waals surface area contributed by atoms with Gasteiger partial charge in [-0.05, 0) is 6.92 Å². The number of carbonyl (C=O) groups excluding carboxylic acids is 2. The number of likely N-dealkylation sites (tertiary alicyclic amines) is 2. The van der Waals surface area contributed by atoms with E-state index >= 15 is 0 Å². The molecule has 2 aromatic heterocycles. The molecule has 180 valence electrons. The number of aromatic nitrogens is 4. The van der Waals surface area contributed by atoms with E-state index in [-0.39, 0.29) is 47.7 Å². The van der Waals surface area contributed by atoms with Crippen LogP contribution in [0.3, 0.4) is 0 Å². The van der Waals surface area contributed by atoms with E-state index in [4.69, 9.17) is 9.47 Å². The second-order valence-electron chi connectivity index (χ2n) is 7.85. The van der Waals surface area contributed by atoms with Gasteiger partial charge >= 0.3 is 12.2 Å². The van der Waals surface area contributed by atoms with Crippen LogP contribution in [0.25, 0.3) is 11.2 Å². The van der Waals surface area contributed by atoms with Crippen LogP contribution >= 0.6 is 0 Å². The lowest BCUT2D eigenvalue weighted by Crippen LogP contribution is -2.58. The van der Waals surface area contributed by atoms with Gasteiger partial charge in [0.25, 0.3) is 5.91 Å². The summed E-state index contributed by atoms with van der Waals surface area (Å²) in [6.07, 6.45) is -3.01. The molecular formula is C19H24F3N7O4. The number of amides is 3. The predicted molar refractivity (Wildman–Crippen MR) is 108 cm³/mol. The van der Waals surface area contributed by atoms with E-state index in [1.54, 1.807) is 23.8 Å².